The van der Waals surface area contributed by atoms with E-state index in [9.17, 15) is 4.39 Å². The Morgan fingerprint density at radius 2 is 1.80 bits per heavy atom. The molecule has 0 unspecified atom stereocenters. The van der Waals surface area contributed by atoms with E-state index in [0.717, 1.165) is 11.1 Å². The second kappa shape index (κ2) is 5.40. The van der Waals surface area contributed by atoms with Crippen molar-refractivity contribution in [3.05, 3.63) is 29.1 Å². The molecule has 1 N–H and O–H groups in total. The van der Waals surface area contributed by atoms with Crippen molar-refractivity contribution in [3.63, 3.8) is 0 Å². The lowest BCUT2D eigenvalue weighted by molar-refractivity contribution is 0.627. The molecule has 106 valence electrons. The summed E-state index contributed by atoms with van der Waals surface area (Å²) in [6, 6.07) is 3.40. The number of nitrogens with one attached hydrogen (secondary N) is 1. The molecule has 20 heavy (non-hydrogen) atoms. The lowest BCUT2D eigenvalue weighted by Gasteiger charge is -2.14. The highest BCUT2D eigenvalue weighted by Crippen LogP contribution is 2.26. The summed E-state index contributed by atoms with van der Waals surface area (Å²) in [4.78, 5) is 14.6. The maximum Gasteiger partial charge on any atom is 0.230 e. The van der Waals surface area contributed by atoms with Crippen LogP contribution in [-0.2, 0) is 0 Å². The minimum absolute atomic E-state index is 0.319. The van der Waals surface area contributed by atoms with Gasteiger partial charge in [0.2, 0.25) is 11.9 Å². The van der Waals surface area contributed by atoms with Crippen LogP contribution in [0.15, 0.2) is 12.1 Å². The van der Waals surface area contributed by atoms with Crippen LogP contribution in [0.4, 0.5) is 16.3 Å². The van der Waals surface area contributed by atoms with E-state index in [-0.39, 0.29) is 5.82 Å². The first-order valence-electron chi connectivity index (χ1n) is 6.30. The van der Waals surface area contributed by atoms with E-state index >= 15 is 0 Å². The molecule has 1 aromatic heterocycles. The fourth-order valence-electron chi connectivity index (χ4n) is 1.99. The van der Waals surface area contributed by atoms with Crippen molar-refractivity contribution in [2.24, 2.45) is 0 Å². The zero-order valence-electron chi connectivity index (χ0n) is 12.3. The second-order valence-electron chi connectivity index (χ2n) is 4.87. The summed E-state index contributed by atoms with van der Waals surface area (Å²) in [5.74, 6) is 0.917. The number of rotatable bonds is 3. The van der Waals surface area contributed by atoms with Gasteiger partial charge in [-0.05, 0) is 31.0 Å². The number of benzene rings is 1. The number of halogens is 1. The van der Waals surface area contributed by atoms with Crippen LogP contribution in [0.25, 0.3) is 11.4 Å². The Morgan fingerprint density at radius 1 is 1.10 bits per heavy atom. The van der Waals surface area contributed by atoms with Gasteiger partial charge in [-0.25, -0.2) is 4.39 Å². The Balaban J connectivity index is 2.66. The standard InChI is InChI=1S/C14H18FN5/c1-8-6-9(2)11(10(15)7-8)12-17-13(16-3)19-14(18-12)20(4)5/h6-7H,1-5H3,(H,16,17,18,19). The molecule has 0 saturated carbocycles. The van der Waals surface area contributed by atoms with E-state index in [2.05, 4.69) is 20.3 Å². The Kier molecular flexibility index (Phi) is 3.83. The number of aryl methyl sites for hydroxylation is 2. The van der Waals surface area contributed by atoms with E-state index in [4.69, 9.17) is 0 Å². The SMILES string of the molecule is CNc1nc(-c2c(C)cc(C)cc2F)nc(N(C)C)n1. The fraction of sp³-hybridized carbons (Fsp3) is 0.357. The van der Waals surface area contributed by atoms with Crippen LogP contribution >= 0.6 is 0 Å². The average Bonchev–Trinajstić information content (AvgIpc) is 2.37. The molecule has 0 amide bonds. The molecule has 0 bridgehead atoms. The summed E-state index contributed by atoms with van der Waals surface area (Å²) >= 11 is 0. The number of anilines is 2. The first-order valence-corrected chi connectivity index (χ1v) is 6.30. The van der Waals surface area contributed by atoms with Crippen molar-refractivity contribution in [1.82, 2.24) is 15.0 Å². The number of hydrogen-bond acceptors (Lipinski definition) is 5. The third kappa shape index (κ3) is 2.68. The van der Waals surface area contributed by atoms with Gasteiger partial charge in [0, 0.05) is 21.1 Å². The van der Waals surface area contributed by atoms with E-state index in [1.54, 1.807) is 11.9 Å². The molecular formula is C14H18FN5. The predicted octanol–water partition coefficient (Wildman–Crippen LogP) is 2.40. The third-order valence-electron chi connectivity index (χ3n) is 2.90. The zero-order valence-corrected chi connectivity index (χ0v) is 12.3. The van der Waals surface area contributed by atoms with Crippen molar-refractivity contribution >= 4 is 11.9 Å². The van der Waals surface area contributed by atoms with Crippen LogP contribution in [0, 0.1) is 19.7 Å². The Bertz CT molecular complexity index is 616. The van der Waals surface area contributed by atoms with Gasteiger partial charge in [0.15, 0.2) is 5.82 Å². The molecule has 6 heteroatoms. The lowest BCUT2D eigenvalue weighted by atomic mass is 10.0. The highest BCUT2D eigenvalue weighted by Gasteiger charge is 2.15. The summed E-state index contributed by atoms with van der Waals surface area (Å²) in [6.07, 6.45) is 0. The maximum absolute atomic E-state index is 14.2. The van der Waals surface area contributed by atoms with Gasteiger partial charge in [-0.3, -0.25) is 0 Å². The summed E-state index contributed by atoms with van der Waals surface area (Å²) < 4.78 is 14.2. The highest BCUT2D eigenvalue weighted by molar-refractivity contribution is 5.63. The molecule has 0 fully saturated rings. The molecule has 1 heterocycles. The molecule has 0 saturated heterocycles. The van der Waals surface area contributed by atoms with Crippen molar-refractivity contribution < 1.29 is 4.39 Å². The van der Waals surface area contributed by atoms with Crippen LogP contribution in [-0.4, -0.2) is 36.1 Å². The molecule has 0 aliphatic heterocycles. The average molecular weight is 275 g/mol. The molecule has 0 spiro atoms. The Morgan fingerprint density at radius 3 is 2.35 bits per heavy atom. The van der Waals surface area contributed by atoms with Gasteiger partial charge in [0.25, 0.3) is 0 Å². The first-order chi connectivity index (χ1) is 9.42. The van der Waals surface area contributed by atoms with Crippen LogP contribution < -0.4 is 10.2 Å². The minimum Gasteiger partial charge on any atom is -0.357 e. The van der Waals surface area contributed by atoms with Crippen LogP contribution in [0.3, 0.4) is 0 Å². The van der Waals surface area contributed by atoms with Crippen molar-refractivity contribution in [3.8, 4) is 11.4 Å². The van der Waals surface area contributed by atoms with Gasteiger partial charge in [0.1, 0.15) is 5.82 Å². The zero-order chi connectivity index (χ0) is 14.9. The van der Waals surface area contributed by atoms with Crippen molar-refractivity contribution in [2.45, 2.75) is 13.8 Å². The number of aromatic nitrogens is 3. The largest absolute Gasteiger partial charge is 0.357 e. The maximum atomic E-state index is 14.2. The smallest absolute Gasteiger partial charge is 0.230 e. The van der Waals surface area contributed by atoms with Crippen molar-refractivity contribution in [1.29, 1.82) is 0 Å². The molecule has 0 radical (unpaired) electrons. The van der Waals surface area contributed by atoms with Gasteiger partial charge in [-0.2, -0.15) is 15.0 Å². The monoisotopic (exact) mass is 275 g/mol. The van der Waals surface area contributed by atoms with Crippen LogP contribution in [0.1, 0.15) is 11.1 Å². The molecule has 0 atom stereocenters. The second-order valence-corrected chi connectivity index (χ2v) is 4.87. The molecule has 5 nitrogen and oxygen atoms in total. The quantitative estimate of drug-likeness (QED) is 0.932. The Hall–Kier alpha value is -2.24. The summed E-state index contributed by atoms with van der Waals surface area (Å²) in [5.41, 5.74) is 2.09. The normalized spacial score (nSPS) is 10.5. The van der Waals surface area contributed by atoms with Crippen molar-refractivity contribution in [2.75, 3.05) is 31.4 Å². The third-order valence-corrected chi connectivity index (χ3v) is 2.90. The van der Waals surface area contributed by atoms with Gasteiger partial charge < -0.3 is 10.2 Å². The summed E-state index contributed by atoms with van der Waals surface area (Å²) in [7, 11) is 5.38. The van der Waals surface area contributed by atoms with Crippen LogP contribution in [0.2, 0.25) is 0 Å². The fourth-order valence-corrected chi connectivity index (χ4v) is 1.99. The number of nitrogens with zero attached hydrogens (tertiary/aromatic N) is 4. The molecule has 0 aliphatic rings. The van der Waals surface area contributed by atoms with Gasteiger partial charge in [-0.15, -0.1) is 0 Å². The summed E-state index contributed by atoms with van der Waals surface area (Å²) in [6.45, 7) is 3.71. The lowest BCUT2D eigenvalue weighted by Crippen LogP contribution is -2.15. The topological polar surface area (TPSA) is 53.9 Å². The predicted molar refractivity (Wildman–Crippen MR) is 78.6 cm³/mol. The van der Waals surface area contributed by atoms with Crippen LogP contribution in [0.5, 0.6) is 0 Å². The van der Waals surface area contributed by atoms with E-state index in [1.165, 1.54) is 6.07 Å². The molecule has 2 rings (SSSR count). The first kappa shape index (κ1) is 14.2. The number of hydrogen-bond donors (Lipinski definition) is 1. The molecular weight excluding hydrogens is 257 g/mol. The van der Waals surface area contributed by atoms with E-state index in [0.29, 0.717) is 23.3 Å². The van der Waals surface area contributed by atoms with E-state index < -0.39 is 0 Å². The minimum atomic E-state index is -0.319. The Labute approximate surface area is 117 Å². The molecule has 1 aromatic carbocycles. The molecule has 2 aromatic rings. The van der Waals surface area contributed by atoms with Gasteiger partial charge >= 0.3 is 0 Å². The van der Waals surface area contributed by atoms with Gasteiger partial charge in [0.05, 0.1) is 5.56 Å². The summed E-state index contributed by atoms with van der Waals surface area (Å²) in [5, 5.41) is 2.87. The molecule has 0 aliphatic carbocycles. The van der Waals surface area contributed by atoms with E-state index in [1.807, 2.05) is 34.0 Å². The highest BCUT2D eigenvalue weighted by atomic mass is 19.1. The van der Waals surface area contributed by atoms with Gasteiger partial charge in [-0.1, -0.05) is 6.07 Å².